The maximum absolute atomic E-state index is 13.8. The number of nitrogens with zero attached hydrogens (tertiary/aromatic N) is 6. The number of hydrogen-bond donors (Lipinski definition) is 0. The Balaban J connectivity index is 1.43. The quantitative estimate of drug-likeness (QED) is 0.213. The second-order valence-corrected chi connectivity index (χ2v) is 11.4. The van der Waals surface area contributed by atoms with Gasteiger partial charge in [0.05, 0.1) is 29.7 Å². The van der Waals surface area contributed by atoms with Crippen molar-refractivity contribution in [3.8, 4) is 35.4 Å². The summed E-state index contributed by atoms with van der Waals surface area (Å²) in [5.74, 6) is 1.48. The molecular formula is C35H33FN6O2. The number of hydrogen-bond acceptors (Lipinski definition) is 7. The minimum absolute atomic E-state index is 0.0616. The van der Waals surface area contributed by atoms with Crippen LogP contribution in [0.25, 0.3) is 32.9 Å². The number of nitriles is 1. The van der Waals surface area contributed by atoms with Crippen molar-refractivity contribution in [1.82, 2.24) is 19.8 Å². The van der Waals surface area contributed by atoms with Crippen LogP contribution < -0.4 is 9.64 Å². The van der Waals surface area contributed by atoms with E-state index in [0.29, 0.717) is 42.7 Å². The molecule has 0 bridgehead atoms. The van der Waals surface area contributed by atoms with Crippen molar-refractivity contribution in [3.05, 3.63) is 72.7 Å². The van der Waals surface area contributed by atoms with Gasteiger partial charge >= 0.3 is 0 Å². The summed E-state index contributed by atoms with van der Waals surface area (Å²) in [6.07, 6.45) is 9.95. The number of piperazine rings is 1. The van der Waals surface area contributed by atoms with E-state index in [1.807, 2.05) is 54.7 Å². The van der Waals surface area contributed by atoms with E-state index in [1.165, 1.54) is 4.90 Å². The lowest BCUT2D eigenvalue weighted by molar-refractivity contribution is -0.131. The predicted molar refractivity (Wildman–Crippen MR) is 170 cm³/mol. The van der Waals surface area contributed by atoms with Crippen LogP contribution in [0.5, 0.6) is 5.88 Å². The number of ether oxygens (including phenoxy) is 1. The first kappa shape index (κ1) is 29.1. The normalized spacial score (nSPS) is 18.7. The fraction of sp³-hybridized carbons (Fsp3) is 0.314. The minimum atomic E-state index is -1.03. The zero-order valence-electron chi connectivity index (χ0n) is 24.7. The smallest absolute Gasteiger partial charge is 0.282 e. The molecule has 4 aromatic rings. The van der Waals surface area contributed by atoms with E-state index in [9.17, 15) is 14.4 Å². The van der Waals surface area contributed by atoms with E-state index in [0.717, 1.165) is 52.5 Å². The van der Waals surface area contributed by atoms with Gasteiger partial charge in [-0.15, -0.1) is 6.42 Å². The van der Waals surface area contributed by atoms with Crippen molar-refractivity contribution in [2.24, 2.45) is 0 Å². The summed E-state index contributed by atoms with van der Waals surface area (Å²) in [6.45, 7) is 5.71. The molecular weight excluding hydrogens is 555 g/mol. The molecule has 2 atom stereocenters. The van der Waals surface area contributed by atoms with Gasteiger partial charge in [0.15, 0.2) is 5.83 Å². The van der Waals surface area contributed by atoms with E-state index in [1.54, 1.807) is 0 Å². The Morgan fingerprint density at radius 3 is 2.73 bits per heavy atom. The lowest BCUT2D eigenvalue weighted by Gasteiger charge is -2.41. The van der Waals surface area contributed by atoms with Crippen LogP contribution in [0.15, 0.2) is 67.1 Å². The number of pyridine rings is 2. The van der Waals surface area contributed by atoms with Gasteiger partial charge in [0.2, 0.25) is 5.88 Å². The predicted octanol–water partition coefficient (Wildman–Crippen LogP) is 5.32. The van der Waals surface area contributed by atoms with Crippen molar-refractivity contribution in [3.63, 3.8) is 0 Å². The van der Waals surface area contributed by atoms with E-state index >= 15 is 0 Å². The summed E-state index contributed by atoms with van der Waals surface area (Å²) >= 11 is 0. The number of aromatic nitrogens is 2. The summed E-state index contributed by atoms with van der Waals surface area (Å²) in [5, 5.41) is 11.5. The molecule has 2 aromatic heterocycles. The standard InChI is InChI=1S/C35H33FN6O2/c1-4-24-8-5-9-25-10-6-12-29(33(24)25)26-18-30-34(38-20-26)31(19-32(39-30)44-22-28-11-7-15-40(28)3)41-16-17-42(35(43)23(2)36)27(21-41)13-14-37/h1,5-6,8-10,12,18-20,27-28H,2,7,11,13,15-17,21-22H2,3H3. The molecule has 0 spiro atoms. The van der Waals surface area contributed by atoms with Crippen LogP contribution in [0.4, 0.5) is 10.1 Å². The van der Waals surface area contributed by atoms with Crippen LogP contribution in [-0.2, 0) is 4.79 Å². The van der Waals surface area contributed by atoms with Crippen LogP contribution in [0.3, 0.4) is 0 Å². The summed E-state index contributed by atoms with van der Waals surface area (Å²) in [5.41, 5.74) is 4.74. The van der Waals surface area contributed by atoms with Crippen molar-refractivity contribution >= 4 is 33.4 Å². The highest BCUT2D eigenvalue weighted by atomic mass is 19.1. The molecule has 2 aliphatic rings. The number of rotatable bonds is 7. The fourth-order valence-electron chi connectivity index (χ4n) is 6.38. The maximum Gasteiger partial charge on any atom is 0.282 e. The second kappa shape index (κ2) is 12.3. The molecule has 2 aliphatic heterocycles. The van der Waals surface area contributed by atoms with Crippen LogP contribution in [0.1, 0.15) is 24.8 Å². The fourth-order valence-corrected chi connectivity index (χ4v) is 6.38. The number of terminal acetylenes is 1. The highest BCUT2D eigenvalue weighted by Gasteiger charge is 2.33. The number of likely N-dealkylation sites (N-methyl/N-ethyl adjacent to an activating group) is 1. The Kier molecular flexibility index (Phi) is 8.15. The largest absolute Gasteiger partial charge is 0.476 e. The Labute approximate surface area is 256 Å². The van der Waals surface area contributed by atoms with Crippen molar-refractivity contribution < 1.29 is 13.9 Å². The Bertz CT molecular complexity index is 1840. The molecule has 44 heavy (non-hydrogen) atoms. The van der Waals surface area contributed by atoms with Crippen molar-refractivity contribution in [1.29, 1.82) is 5.26 Å². The van der Waals surface area contributed by atoms with Gasteiger partial charge in [-0.25, -0.2) is 9.37 Å². The molecule has 2 saturated heterocycles. The highest BCUT2D eigenvalue weighted by Crippen LogP contribution is 2.36. The maximum atomic E-state index is 13.8. The monoisotopic (exact) mass is 588 g/mol. The zero-order chi connectivity index (χ0) is 30.8. The third-order valence-electron chi connectivity index (χ3n) is 8.71. The first-order valence-corrected chi connectivity index (χ1v) is 14.8. The molecule has 8 nitrogen and oxygen atoms in total. The highest BCUT2D eigenvalue weighted by molar-refractivity contribution is 6.02. The second-order valence-electron chi connectivity index (χ2n) is 11.4. The Morgan fingerprint density at radius 1 is 1.18 bits per heavy atom. The average Bonchev–Trinajstić information content (AvgIpc) is 3.46. The molecule has 2 aromatic carbocycles. The molecule has 1 amide bonds. The number of carbonyl (C=O) groups excluding carboxylic acids is 1. The number of halogens is 1. The van der Waals surface area contributed by atoms with Gasteiger partial charge in [-0.05, 0) is 49.5 Å². The van der Waals surface area contributed by atoms with Gasteiger partial charge in [-0.3, -0.25) is 9.78 Å². The first-order chi connectivity index (χ1) is 21.4. The topological polar surface area (TPSA) is 85.6 Å². The molecule has 2 fully saturated rings. The molecule has 0 N–H and O–H groups in total. The summed E-state index contributed by atoms with van der Waals surface area (Å²) in [7, 11) is 2.10. The number of anilines is 1. The number of amides is 1. The summed E-state index contributed by atoms with van der Waals surface area (Å²) < 4.78 is 20.1. The number of carbonyl (C=O) groups is 1. The summed E-state index contributed by atoms with van der Waals surface area (Å²) in [4.78, 5) is 28.1. The molecule has 0 aliphatic carbocycles. The van der Waals surface area contributed by atoms with E-state index < -0.39 is 17.8 Å². The Morgan fingerprint density at radius 2 is 2.00 bits per heavy atom. The molecule has 222 valence electrons. The van der Waals surface area contributed by atoms with Gasteiger partial charge in [-0.1, -0.05) is 42.8 Å². The lowest BCUT2D eigenvalue weighted by Crippen LogP contribution is -2.55. The molecule has 6 rings (SSSR count). The number of benzene rings is 2. The average molecular weight is 589 g/mol. The van der Waals surface area contributed by atoms with Crippen LogP contribution >= 0.6 is 0 Å². The molecule has 0 saturated carbocycles. The number of fused-ring (bicyclic) bond motifs is 2. The van der Waals surface area contributed by atoms with E-state index in [-0.39, 0.29) is 13.0 Å². The molecule has 2 unspecified atom stereocenters. The third-order valence-corrected chi connectivity index (χ3v) is 8.71. The summed E-state index contributed by atoms with van der Waals surface area (Å²) in [6, 6.07) is 17.8. The van der Waals surface area contributed by atoms with E-state index in [2.05, 4.69) is 35.4 Å². The van der Waals surface area contributed by atoms with Gasteiger partial charge < -0.3 is 19.4 Å². The van der Waals surface area contributed by atoms with Crippen molar-refractivity contribution in [2.45, 2.75) is 31.3 Å². The van der Waals surface area contributed by atoms with Gasteiger partial charge in [0.25, 0.3) is 5.91 Å². The first-order valence-electron chi connectivity index (χ1n) is 14.8. The lowest BCUT2D eigenvalue weighted by atomic mass is 9.95. The van der Waals surface area contributed by atoms with Gasteiger partial charge in [-0.2, -0.15) is 5.26 Å². The molecule has 4 heterocycles. The molecule has 9 heteroatoms. The van der Waals surface area contributed by atoms with Crippen molar-refractivity contribution in [2.75, 3.05) is 44.7 Å². The number of likely N-dealkylation sites (tertiary alicyclic amines) is 1. The SMILES string of the molecule is C#Cc1cccc2cccc(-c3cnc4c(N5CCN(C(=O)C(=C)F)C(CC#N)C5)cc(OCC5CCCN5C)nc4c3)c12. The van der Waals surface area contributed by atoms with Gasteiger partial charge in [0.1, 0.15) is 12.1 Å². The Hall–Kier alpha value is -4.99. The minimum Gasteiger partial charge on any atom is -0.476 e. The van der Waals surface area contributed by atoms with E-state index in [4.69, 9.17) is 21.1 Å². The third kappa shape index (κ3) is 5.55. The van der Waals surface area contributed by atoms with Crippen LogP contribution in [0, 0.1) is 23.7 Å². The van der Waals surface area contributed by atoms with Crippen LogP contribution in [-0.4, -0.2) is 77.6 Å². The van der Waals surface area contributed by atoms with Crippen LogP contribution in [0.2, 0.25) is 0 Å². The molecule has 0 radical (unpaired) electrons. The van der Waals surface area contributed by atoms with Gasteiger partial charge in [0, 0.05) is 54.5 Å². The zero-order valence-corrected chi connectivity index (χ0v) is 24.7.